The summed E-state index contributed by atoms with van der Waals surface area (Å²) in [5.41, 5.74) is 0.0892. The van der Waals surface area contributed by atoms with Crippen molar-refractivity contribution in [2.24, 2.45) is 0 Å². The first-order valence-electron chi connectivity index (χ1n) is 5.51. The Kier molecular flexibility index (Phi) is 6.53. The van der Waals surface area contributed by atoms with E-state index in [2.05, 4.69) is 4.84 Å². The number of hydroxylamine groups is 2. The minimum atomic E-state index is -4.73. The van der Waals surface area contributed by atoms with Crippen LogP contribution in [0, 0.1) is 3.57 Å². The Morgan fingerprint density at radius 2 is 1.82 bits per heavy atom. The van der Waals surface area contributed by atoms with E-state index in [9.17, 15) is 22.8 Å². The van der Waals surface area contributed by atoms with Gasteiger partial charge in [-0.1, -0.05) is 0 Å². The molecule has 0 saturated carbocycles. The molecular formula is C11H8INNaO7S+. The maximum Gasteiger partial charge on any atom is 1.00 e. The van der Waals surface area contributed by atoms with Crippen molar-refractivity contribution in [2.45, 2.75) is 11.7 Å². The number of benzene rings is 1. The fourth-order valence-corrected chi connectivity index (χ4v) is 2.70. The zero-order valence-corrected chi connectivity index (χ0v) is 16.2. The van der Waals surface area contributed by atoms with Gasteiger partial charge in [0.1, 0.15) is 0 Å². The summed E-state index contributed by atoms with van der Waals surface area (Å²) in [6.45, 7) is 0. The molecule has 1 saturated heterocycles. The minimum Gasteiger partial charge on any atom is -0.325 e. The topological polar surface area (TPSA) is 118 Å². The molecule has 1 aromatic rings. The van der Waals surface area contributed by atoms with E-state index in [0.717, 1.165) is 3.57 Å². The Morgan fingerprint density at radius 1 is 1.27 bits per heavy atom. The predicted molar refractivity (Wildman–Crippen MR) is 76.4 cm³/mol. The average Bonchev–Trinajstić information content (AvgIpc) is 2.67. The molecule has 1 aliphatic rings. The number of imide groups is 1. The SMILES string of the molecule is O=C(ON1C(=O)CC(S(=O)(=O)O)C1=O)c1ccc(I)cc1.[Na+]. The van der Waals surface area contributed by atoms with Crippen molar-refractivity contribution in [3.8, 4) is 0 Å². The first-order chi connectivity index (χ1) is 9.70. The Balaban J connectivity index is 0.00000242. The minimum absolute atomic E-state index is 0. The van der Waals surface area contributed by atoms with Crippen LogP contribution in [0.4, 0.5) is 0 Å². The number of halogens is 1. The summed E-state index contributed by atoms with van der Waals surface area (Å²) < 4.78 is 31.6. The van der Waals surface area contributed by atoms with Gasteiger partial charge in [-0.05, 0) is 46.9 Å². The van der Waals surface area contributed by atoms with Crippen molar-refractivity contribution in [3.05, 3.63) is 33.4 Å². The summed E-state index contributed by atoms with van der Waals surface area (Å²) in [6.07, 6.45) is -0.766. The average molecular weight is 448 g/mol. The molecule has 8 nitrogen and oxygen atoms in total. The summed E-state index contributed by atoms with van der Waals surface area (Å²) in [4.78, 5) is 39.6. The second-order valence-corrected chi connectivity index (χ2v) is 6.96. The smallest absolute Gasteiger partial charge is 0.325 e. The maximum atomic E-state index is 11.8. The van der Waals surface area contributed by atoms with Crippen LogP contribution < -0.4 is 29.6 Å². The second-order valence-electron chi connectivity index (χ2n) is 4.12. The second kappa shape index (κ2) is 7.36. The fourth-order valence-electron chi connectivity index (χ4n) is 1.63. The van der Waals surface area contributed by atoms with E-state index < -0.39 is 39.6 Å². The number of rotatable bonds is 3. The zero-order chi connectivity index (χ0) is 15.8. The van der Waals surface area contributed by atoms with Crippen molar-refractivity contribution in [1.29, 1.82) is 0 Å². The first kappa shape index (κ1) is 19.5. The van der Waals surface area contributed by atoms with Crippen LogP contribution in [0.3, 0.4) is 0 Å². The standard InChI is InChI=1S/C11H8INO7S.Na/c12-7-3-1-6(2-4-7)11(16)20-13-9(14)5-8(10(13)15)21(17,18)19;/h1-4,8H,5H2,(H,17,18,19);/q;+1. The zero-order valence-electron chi connectivity index (χ0n) is 11.2. The molecule has 1 unspecified atom stereocenters. The van der Waals surface area contributed by atoms with Crippen molar-refractivity contribution in [1.82, 2.24) is 5.06 Å². The van der Waals surface area contributed by atoms with Gasteiger partial charge in [-0.2, -0.15) is 8.42 Å². The van der Waals surface area contributed by atoms with E-state index in [1.807, 2.05) is 22.6 Å². The number of carbonyl (C=O) groups is 3. The quantitative estimate of drug-likeness (QED) is 0.233. The molecule has 0 bridgehead atoms. The first-order valence-corrected chi connectivity index (χ1v) is 8.09. The van der Waals surface area contributed by atoms with Crippen LogP contribution in [0.2, 0.25) is 0 Å². The van der Waals surface area contributed by atoms with Crippen LogP contribution in [0.15, 0.2) is 24.3 Å². The molecule has 1 fully saturated rings. The van der Waals surface area contributed by atoms with Crippen LogP contribution in [-0.4, -0.2) is 41.1 Å². The van der Waals surface area contributed by atoms with Gasteiger partial charge in [0.05, 0.1) is 12.0 Å². The molecule has 1 aromatic carbocycles. The number of hydrogen-bond acceptors (Lipinski definition) is 6. The van der Waals surface area contributed by atoms with E-state index in [0.29, 0.717) is 0 Å². The van der Waals surface area contributed by atoms with Gasteiger partial charge in [-0.15, -0.1) is 5.06 Å². The van der Waals surface area contributed by atoms with Crippen LogP contribution in [-0.2, 0) is 24.5 Å². The van der Waals surface area contributed by atoms with Crippen LogP contribution >= 0.6 is 22.6 Å². The number of nitrogens with zero attached hydrogens (tertiary/aromatic N) is 1. The number of amides is 2. The number of carbonyl (C=O) groups excluding carboxylic acids is 3. The third-order valence-corrected chi connectivity index (χ3v) is 4.48. The van der Waals surface area contributed by atoms with Crippen LogP contribution in [0.1, 0.15) is 16.8 Å². The Hall–Kier alpha value is -0.530. The predicted octanol–water partition coefficient (Wildman–Crippen LogP) is -2.62. The molecule has 0 radical (unpaired) electrons. The van der Waals surface area contributed by atoms with E-state index in [1.165, 1.54) is 12.1 Å². The number of hydrogen-bond donors (Lipinski definition) is 1. The van der Waals surface area contributed by atoms with Gasteiger partial charge in [0.25, 0.3) is 21.9 Å². The molecule has 22 heavy (non-hydrogen) atoms. The Bertz CT molecular complexity index is 718. The maximum absolute atomic E-state index is 11.8. The van der Waals surface area contributed by atoms with Gasteiger partial charge < -0.3 is 4.84 Å². The van der Waals surface area contributed by atoms with Crippen molar-refractivity contribution >= 4 is 50.5 Å². The molecule has 0 aromatic heterocycles. The summed E-state index contributed by atoms with van der Waals surface area (Å²) in [5.74, 6) is -3.29. The molecule has 1 aliphatic heterocycles. The van der Waals surface area contributed by atoms with Crippen LogP contribution in [0.5, 0.6) is 0 Å². The molecule has 1 atom stereocenters. The Labute approximate surface area is 161 Å². The molecular weight excluding hydrogens is 440 g/mol. The molecule has 0 aliphatic carbocycles. The van der Waals surface area contributed by atoms with Gasteiger partial charge in [-0.3, -0.25) is 14.1 Å². The molecule has 2 amide bonds. The summed E-state index contributed by atoms with van der Waals surface area (Å²) in [7, 11) is -4.73. The summed E-state index contributed by atoms with van der Waals surface area (Å²) >= 11 is 2.02. The van der Waals surface area contributed by atoms with E-state index in [1.54, 1.807) is 12.1 Å². The molecule has 112 valence electrons. The van der Waals surface area contributed by atoms with Crippen molar-refractivity contribution < 1.29 is 61.7 Å². The molecule has 1 heterocycles. The molecule has 1 N–H and O–H groups in total. The van der Waals surface area contributed by atoms with E-state index >= 15 is 0 Å². The van der Waals surface area contributed by atoms with E-state index in [-0.39, 0.29) is 40.2 Å². The summed E-state index contributed by atoms with van der Waals surface area (Å²) in [5, 5.41) is -1.87. The molecule has 11 heteroatoms. The normalized spacial score (nSPS) is 18.1. The van der Waals surface area contributed by atoms with Crippen molar-refractivity contribution in [3.63, 3.8) is 0 Å². The van der Waals surface area contributed by atoms with E-state index in [4.69, 9.17) is 4.55 Å². The Morgan fingerprint density at radius 3 is 2.27 bits per heavy atom. The monoisotopic (exact) mass is 448 g/mol. The van der Waals surface area contributed by atoms with Gasteiger partial charge >= 0.3 is 35.5 Å². The fraction of sp³-hybridized carbons (Fsp3) is 0.182. The van der Waals surface area contributed by atoms with Crippen LogP contribution in [0.25, 0.3) is 0 Å². The largest absolute Gasteiger partial charge is 1.00 e. The van der Waals surface area contributed by atoms with Gasteiger partial charge in [0, 0.05) is 3.57 Å². The van der Waals surface area contributed by atoms with Gasteiger partial charge in [0.2, 0.25) is 0 Å². The van der Waals surface area contributed by atoms with Crippen molar-refractivity contribution in [2.75, 3.05) is 0 Å². The van der Waals surface area contributed by atoms with Gasteiger partial charge in [0.15, 0.2) is 5.25 Å². The third-order valence-electron chi connectivity index (χ3n) is 2.68. The molecule has 0 spiro atoms. The molecule has 2 rings (SSSR count). The summed E-state index contributed by atoms with van der Waals surface area (Å²) in [6, 6.07) is 6.09. The third kappa shape index (κ3) is 4.26. The van der Waals surface area contributed by atoms with Gasteiger partial charge in [-0.25, -0.2) is 4.79 Å².